The van der Waals surface area contributed by atoms with E-state index in [0.717, 1.165) is 15.3 Å². The maximum Gasteiger partial charge on any atom is 0.212 e. The summed E-state index contributed by atoms with van der Waals surface area (Å²) in [4.78, 5) is 5.58. The molecular weight excluding hydrogens is 445 g/mol. The van der Waals surface area contributed by atoms with Gasteiger partial charge >= 0.3 is 0 Å². The van der Waals surface area contributed by atoms with Crippen molar-refractivity contribution in [3.8, 4) is 10.4 Å². The van der Waals surface area contributed by atoms with Crippen molar-refractivity contribution >= 4 is 22.9 Å². The van der Waals surface area contributed by atoms with Gasteiger partial charge in [0, 0.05) is 33.0 Å². The summed E-state index contributed by atoms with van der Waals surface area (Å²) in [7, 11) is 0. The minimum atomic E-state index is -1.99. The highest BCUT2D eigenvalue weighted by atomic mass is 35.5. The number of aliphatic hydroxyl groups excluding tert-OH is 3. The molecule has 2 aromatic heterocycles. The lowest BCUT2D eigenvalue weighted by Crippen LogP contribution is -2.61. The predicted octanol–water partition coefficient (Wildman–Crippen LogP) is 2.49. The van der Waals surface area contributed by atoms with E-state index in [-0.39, 0.29) is 12.2 Å². The summed E-state index contributed by atoms with van der Waals surface area (Å²) in [6.07, 6.45) is -2.01. The molecule has 0 aliphatic carbocycles. The van der Waals surface area contributed by atoms with Crippen LogP contribution in [-0.2, 0) is 16.8 Å². The second-order valence-corrected chi connectivity index (χ2v) is 9.04. The van der Waals surface area contributed by atoms with Crippen LogP contribution >= 0.6 is 22.9 Å². The SMILES string of the molecule is OC[C@H]1OC[C@H](O)[C@@H](O)[C@]1(O)c1ccc(Cl)c(Cc2ccc(-c3ccc(F)nc3)s2)c1. The molecular formula is C22H21ClFNO5S. The number of pyridine rings is 1. The molecule has 4 atom stereocenters. The van der Waals surface area contributed by atoms with Gasteiger partial charge < -0.3 is 25.2 Å². The van der Waals surface area contributed by atoms with Crippen LogP contribution in [0.4, 0.5) is 4.39 Å². The second kappa shape index (κ2) is 8.91. The van der Waals surface area contributed by atoms with Gasteiger partial charge in [-0.25, -0.2) is 4.98 Å². The Balaban J connectivity index is 1.63. The van der Waals surface area contributed by atoms with E-state index in [2.05, 4.69) is 4.98 Å². The molecule has 1 aliphatic rings. The van der Waals surface area contributed by atoms with E-state index in [9.17, 15) is 24.8 Å². The second-order valence-electron chi connectivity index (χ2n) is 7.46. The molecule has 0 radical (unpaired) electrons. The highest BCUT2D eigenvalue weighted by Crippen LogP contribution is 2.38. The molecule has 9 heteroatoms. The van der Waals surface area contributed by atoms with Gasteiger partial charge in [-0.1, -0.05) is 23.7 Å². The van der Waals surface area contributed by atoms with Crippen molar-refractivity contribution in [1.82, 2.24) is 4.98 Å². The predicted molar refractivity (Wildman–Crippen MR) is 115 cm³/mol. The van der Waals surface area contributed by atoms with Crippen LogP contribution in [0.1, 0.15) is 16.0 Å². The van der Waals surface area contributed by atoms with Gasteiger partial charge in [0.2, 0.25) is 5.95 Å². The van der Waals surface area contributed by atoms with Crippen LogP contribution in [-0.4, -0.2) is 56.9 Å². The maximum atomic E-state index is 13.1. The minimum Gasteiger partial charge on any atom is -0.394 e. The van der Waals surface area contributed by atoms with Crippen LogP contribution < -0.4 is 0 Å². The summed E-state index contributed by atoms with van der Waals surface area (Å²) in [5.74, 6) is -0.540. The van der Waals surface area contributed by atoms with Gasteiger partial charge in [0.15, 0.2) is 0 Å². The van der Waals surface area contributed by atoms with Gasteiger partial charge in [-0.05, 0) is 41.5 Å². The summed E-state index contributed by atoms with van der Waals surface area (Å²) in [6, 6.07) is 11.6. The molecule has 3 heterocycles. The number of nitrogens with zero attached hydrogens (tertiary/aromatic N) is 1. The van der Waals surface area contributed by atoms with E-state index in [1.807, 2.05) is 12.1 Å². The molecule has 4 N–H and O–H groups in total. The number of halogens is 2. The lowest BCUT2D eigenvalue weighted by molar-refractivity contribution is -0.255. The van der Waals surface area contributed by atoms with Crippen LogP contribution in [0.25, 0.3) is 10.4 Å². The zero-order chi connectivity index (χ0) is 22.2. The quantitative estimate of drug-likeness (QED) is 0.432. The van der Waals surface area contributed by atoms with Crippen molar-refractivity contribution in [2.24, 2.45) is 0 Å². The standard InChI is InChI=1S/C22H21ClFNO5S/c23-16-4-2-14(22(29)19(10-26)30-11-17(27)21(22)28)7-13(16)8-15-3-5-18(31-15)12-1-6-20(24)25-9-12/h1-7,9,17,19,21,26-29H,8,10-11H2/t17-,19+,21+,22-/m0/s1. The molecule has 0 unspecified atom stereocenters. The summed E-state index contributed by atoms with van der Waals surface area (Å²) < 4.78 is 18.4. The Morgan fingerprint density at radius 2 is 2.00 bits per heavy atom. The summed E-state index contributed by atoms with van der Waals surface area (Å²) in [5, 5.41) is 41.8. The molecule has 0 saturated carbocycles. The molecule has 31 heavy (non-hydrogen) atoms. The highest BCUT2D eigenvalue weighted by molar-refractivity contribution is 7.15. The van der Waals surface area contributed by atoms with E-state index in [1.165, 1.54) is 23.6 Å². The Kier molecular flexibility index (Phi) is 6.41. The zero-order valence-electron chi connectivity index (χ0n) is 16.3. The third-order valence-corrected chi connectivity index (χ3v) is 6.99. The number of hydrogen-bond acceptors (Lipinski definition) is 7. The Morgan fingerprint density at radius 1 is 1.19 bits per heavy atom. The van der Waals surface area contributed by atoms with Crippen LogP contribution in [0.2, 0.25) is 5.02 Å². The fourth-order valence-electron chi connectivity index (χ4n) is 3.76. The largest absolute Gasteiger partial charge is 0.394 e. The molecule has 164 valence electrons. The molecule has 0 bridgehead atoms. The number of hydrogen-bond donors (Lipinski definition) is 4. The van der Waals surface area contributed by atoms with Gasteiger partial charge in [0.05, 0.1) is 13.2 Å². The molecule has 1 saturated heterocycles. The minimum absolute atomic E-state index is 0.189. The van der Waals surface area contributed by atoms with Gasteiger partial charge in [0.1, 0.15) is 23.9 Å². The number of benzene rings is 1. The van der Waals surface area contributed by atoms with E-state index >= 15 is 0 Å². The normalized spacial score (nSPS) is 26.2. The first-order chi connectivity index (χ1) is 14.8. The molecule has 1 fully saturated rings. The lowest BCUT2D eigenvalue weighted by atomic mass is 9.78. The smallest absolute Gasteiger partial charge is 0.212 e. The van der Waals surface area contributed by atoms with Crippen LogP contribution in [0, 0.1) is 5.95 Å². The average molecular weight is 466 g/mol. The lowest BCUT2D eigenvalue weighted by Gasteiger charge is -2.45. The molecule has 1 aliphatic heterocycles. The Morgan fingerprint density at radius 3 is 2.71 bits per heavy atom. The van der Waals surface area contributed by atoms with Crippen molar-refractivity contribution in [2.45, 2.75) is 30.3 Å². The van der Waals surface area contributed by atoms with Crippen molar-refractivity contribution < 1.29 is 29.6 Å². The molecule has 0 amide bonds. The number of rotatable bonds is 5. The first-order valence-corrected chi connectivity index (χ1v) is 10.8. The van der Waals surface area contributed by atoms with Gasteiger partial charge in [-0.3, -0.25) is 0 Å². The van der Waals surface area contributed by atoms with Crippen molar-refractivity contribution in [1.29, 1.82) is 0 Å². The summed E-state index contributed by atoms with van der Waals surface area (Å²) >= 11 is 7.89. The summed E-state index contributed by atoms with van der Waals surface area (Å²) in [5.41, 5.74) is -0.209. The van der Waals surface area contributed by atoms with Crippen LogP contribution in [0.5, 0.6) is 0 Å². The number of ether oxygens (including phenoxy) is 1. The monoisotopic (exact) mass is 465 g/mol. The van der Waals surface area contributed by atoms with Gasteiger partial charge in [0.25, 0.3) is 0 Å². The zero-order valence-corrected chi connectivity index (χ0v) is 17.9. The van der Waals surface area contributed by atoms with E-state index < -0.39 is 36.5 Å². The Labute approximate surface area is 187 Å². The topological polar surface area (TPSA) is 103 Å². The first kappa shape index (κ1) is 22.3. The maximum absolute atomic E-state index is 13.1. The fraction of sp³-hybridized carbons (Fsp3) is 0.318. The average Bonchev–Trinajstić information content (AvgIpc) is 3.23. The van der Waals surface area contributed by atoms with Crippen molar-refractivity contribution in [3.05, 3.63) is 75.6 Å². The highest BCUT2D eigenvalue weighted by Gasteiger charge is 2.52. The number of aliphatic hydroxyl groups is 4. The Hall–Kier alpha value is -1.91. The molecule has 4 rings (SSSR count). The van der Waals surface area contributed by atoms with Crippen molar-refractivity contribution in [2.75, 3.05) is 13.2 Å². The molecule has 3 aromatic rings. The van der Waals surface area contributed by atoms with E-state index in [0.29, 0.717) is 17.0 Å². The third-order valence-electron chi connectivity index (χ3n) is 5.49. The fourth-order valence-corrected chi connectivity index (χ4v) is 4.97. The van der Waals surface area contributed by atoms with Crippen LogP contribution in [0.3, 0.4) is 0 Å². The molecule has 1 aromatic carbocycles. The van der Waals surface area contributed by atoms with Gasteiger partial charge in [-0.2, -0.15) is 4.39 Å². The van der Waals surface area contributed by atoms with E-state index in [1.54, 1.807) is 24.3 Å². The molecule has 0 spiro atoms. The van der Waals surface area contributed by atoms with Crippen LogP contribution in [0.15, 0.2) is 48.7 Å². The number of aromatic nitrogens is 1. The van der Waals surface area contributed by atoms with Crippen molar-refractivity contribution in [3.63, 3.8) is 0 Å². The van der Waals surface area contributed by atoms with E-state index in [4.69, 9.17) is 16.3 Å². The third kappa shape index (κ3) is 4.25. The molecule has 6 nitrogen and oxygen atoms in total. The summed E-state index contributed by atoms with van der Waals surface area (Å²) in [6.45, 7) is -0.719. The van der Waals surface area contributed by atoms with Gasteiger partial charge in [-0.15, -0.1) is 11.3 Å². The Bertz CT molecular complexity index is 1060. The number of thiophene rings is 1. The first-order valence-electron chi connectivity index (χ1n) is 9.63.